The lowest BCUT2D eigenvalue weighted by molar-refractivity contribution is 0.268. The molecule has 3 rings (SSSR count). The first-order chi connectivity index (χ1) is 10.1. The van der Waals surface area contributed by atoms with Crippen LogP contribution < -0.4 is 10.0 Å². The molecule has 1 aromatic rings. The SMILES string of the molecule is CCN1CCCC1CNS(=O)(=O)c1ccc2c(c1)CCN2. The average molecular weight is 309 g/mol. The summed E-state index contributed by atoms with van der Waals surface area (Å²) in [6.07, 6.45) is 3.13. The summed E-state index contributed by atoms with van der Waals surface area (Å²) in [7, 11) is -3.41. The fraction of sp³-hybridized carbons (Fsp3) is 0.600. The van der Waals surface area contributed by atoms with Gasteiger partial charge in [-0.25, -0.2) is 13.1 Å². The van der Waals surface area contributed by atoms with E-state index in [4.69, 9.17) is 0 Å². The number of likely N-dealkylation sites (tertiary alicyclic amines) is 1. The van der Waals surface area contributed by atoms with Crippen LogP contribution in [-0.4, -0.2) is 45.5 Å². The number of benzene rings is 1. The van der Waals surface area contributed by atoms with Crippen molar-refractivity contribution in [3.05, 3.63) is 23.8 Å². The van der Waals surface area contributed by atoms with Crippen LogP contribution >= 0.6 is 0 Å². The summed E-state index contributed by atoms with van der Waals surface area (Å²) in [6, 6.07) is 5.68. The van der Waals surface area contributed by atoms with Crippen molar-refractivity contribution in [3.63, 3.8) is 0 Å². The van der Waals surface area contributed by atoms with Crippen LogP contribution in [-0.2, 0) is 16.4 Å². The van der Waals surface area contributed by atoms with Gasteiger partial charge in [-0.1, -0.05) is 6.92 Å². The standard InChI is InChI=1S/C15H23N3O2S/c1-2-18-9-3-4-13(18)11-17-21(19,20)14-5-6-15-12(10-14)7-8-16-15/h5-6,10,13,16-17H,2-4,7-9,11H2,1H3. The number of nitrogens with one attached hydrogen (secondary N) is 2. The minimum atomic E-state index is -3.41. The largest absolute Gasteiger partial charge is 0.384 e. The van der Waals surface area contributed by atoms with Crippen LogP contribution in [0, 0.1) is 0 Å². The van der Waals surface area contributed by atoms with Crippen LogP contribution in [0.4, 0.5) is 5.69 Å². The highest BCUT2D eigenvalue weighted by molar-refractivity contribution is 7.89. The zero-order chi connectivity index (χ0) is 14.9. The molecular formula is C15H23N3O2S. The molecule has 1 fully saturated rings. The Morgan fingerprint density at radius 2 is 2.29 bits per heavy atom. The summed E-state index contributed by atoms with van der Waals surface area (Å²) in [6.45, 7) is 5.58. The molecule has 0 bridgehead atoms. The van der Waals surface area contributed by atoms with Gasteiger partial charge >= 0.3 is 0 Å². The van der Waals surface area contributed by atoms with E-state index >= 15 is 0 Å². The fourth-order valence-corrected chi connectivity index (χ4v) is 4.40. The number of anilines is 1. The number of sulfonamides is 1. The lowest BCUT2D eigenvalue weighted by atomic mass is 10.2. The lowest BCUT2D eigenvalue weighted by Crippen LogP contribution is -2.40. The van der Waals surface area contributed by atoms with Crippen molar-refractivity contribution in [2.45, 2.75) is 37.1 Å². The first kappa shape index (κ1) is 14.8. The third kappa shape index (κ3) is 3.07. The molecule has 1 unspecified atom stereocenters. The van der Waals surface area contributed by atoms with E-state index in [1.54, 1.807) is 12.1 Å². The van der Waals surface area contributed by atoms with Crippen molar-refractivity contribution < 1.29 is 8.42 Å². The highest BCUT2D eigenvalue weighted by Gasteiger charge is 2.25. The van der Waals surface area contributed by atoms with Crippen molar-refractivity contribution in [3.8, 4) is 0 Å². The summed E-state index contributed by atoms with van der Waals surface area (Å²) in [4.78, 5) is 2.72. The lowest BCUT2D eigenvalue weighted by Gasteiger charge is -2.22. The molecule has 0 spiro atoms. The highest BCUT2D eigenvalue weighted by atomic mass is 32.2. The number of fused-ring (bicyclic) bond motifs is 1. The number of rotatable bonds is 5. The van der Waals surface area contributed by atoms with E-state index in [1.807, 2.05) is 6.07 Å². The molecule has 1 atom stereocenters. The molecule has 6 heteroatoms. The zero-order valence-electron chi connectivity index (χ0n) is 12.4. The van der Waals surface area contributed by atoms with Gasteiger partial charge in [0.05, 0.1) is 4.90 Å². The molecule has 1 saturated heterocycles. The summed E-state index contributed by atoms with van der Waals surface area (Å²) < 4.78 is 27.7. The normalized spacial score (nSPS) is 22.2. The van der Waals surface area contributed by atoms with Gasteiger partial charge < -0.3 is 5.32 Å². The molecule has 21 heavy (non-hydrogen) atoms. The van der Waals surface area contributed by atoms with Gasteiger partial charge in [-0.15, -0.1) is 0 Å². The molecule has 0 aliphatic carbocycles. The van der Waals surface area contributed by atoms with Crippen molar-refractivity contribution >= 4 is 15.7 Å². The van der Waals surface area contributed by atoms with E-state index in [0.29, 0.717) is 17.5 Å². The van der Waals surface area contributed by atoms with Crippen molar-refractivity contribution in [1.29, 1.82) is 0 Å². The van der Waals surface area contributed by atoms with Gasteiger partial charge in [0.2, 0.25) is 10.0 Å². The van der Waals surface area contributed by atoms with Crippen LogP contribution in [0.2, 0.25) is 0 Å². The third-order valence-corrected chi connectivity index (χ3v) is 5.93. The Bertz CT molecular complexity index is 615. The van der Waals surface area contributed by atoms with Crippen LogP contribution in [0.5, 0.6) is 0 Å². The van der Waals surface area contributed by atoms with Crippen LogP contribution in [0.3, 0.4) is 0 Å². The van der Waals surface area contributed by atoms with Gasteiger partial charge in [0, 0.05) is 24.8 Å². The Balaban J connectivity index is 1.69. The number of hydrogen-bond acceptors (Lipinski definition) is 4. The van der Waals surface area contributed by atoms with E-state index in [-0.39, 0.29) is 0 Å². The van der Waals surface area contributed by atoms with Crippen molar-refractivity contribution in [2.24, 2.45) is 0 Å². The molecule has 1 aromatic carbocycles. The minimum Gasteiger partial charge on any atom is -0.384 e. The predicted molar refractivity (Wildman–Crippen MR) is 84.1 cm³/mol. The minimum absolute atomic E-state index is 0.334. The van der Waals surface area contributed by atoms with E-state index in [2.05, 4.69) is 21.9 Å². The number of likely N-dealkylation sites (N-methyl/N-ethyl adjacent to an activating group) is 1. The van der Waals surface area contributed by atoms with E-state index in [1.165, 1.54) is 0 Å². The first-order valence-electron chi connectivity index (χ1n) is 7.70. The molecule has 0 radical (unpaired) electrons. The zero-order valence-corrected chi connectivity index (χ0v) is 13.2. The van der Waals surface area contributed by atoms with Crippen LogP contribution in [0.25, 0.3) is 0 Å². The highest BCUT2D eigenvalue weighted by Crippen LogP contribution is 2.25. The molecule has 5 nitrogen and oxygen atoms in total. The topological polar surface area (TPSA) is 61.4 Å². The average Bonchev–Trinajstić information content (AvgIpc) is 3.12. The van der Waals surface area contributed by atoms with Crippen molar-refractivity contribution in [1.82, 2.24) is 9.62 Å². The molecule has 2 N–H and O–H groups in total. The second-order valence-corrected chi connectivity index (χ2v) is 7.54. The Kier molecular flexibility index (Phi) is 4.19. The summed E-state index contributed by atoms with van der Waals surface area (Å²) in [5.41, 5.74) is 2.15. The van der Waals surface area contributed by atoms with Gasteiger partial charge in [0.1, 0.15) is 0 Å². The number of hydrogen-bond donors (Lipinski definition) is 2. The first-order valence-corrected chi connectivity index (χ1v) is 9.19. The molecule has 0 aromatic heterocycles. The molecule has 0 saturated carbocycles. The maximum Gasteiger partial charge on any atom is 0.240 e. The van der Waals surface area contributed by atoms with Crippen LogP contribution in [0.1, 0.15) is 25.3 Å². The van der Waals surface area contributed by atoms with Gasteiger partial charge in [-0.3, -0.25) is 4.90 Å². The Labute approximate surface area is 126 Å². The van der Waals surface area contributed by atoms with E-state index in [0.717, 1.165) is 50.1 Å². The second-order valence-electron chi connectivity index (χ2n) is 5.77. The molecule has 0 amide bonds. The summed E-state index contributed by atoms with van der Waals surface area (Å²) in [5, 5.41) is 3.25. The second kappa shape index (κ2) is 5.94. The summed E-state index contributed by atoms with van der Waals surface area (Å²) >= 11 is 0. The smallest absolute Gasteiger partial charge is 0.240 e. The molecule has 2 heterocycles. The van der Waals surface area contributed by atoms with E-state index < -0.39 is 10.0 Å². The molecule has 116 valence electrons. The van der Waals surface area contributed by atoms with Gasteiger partial charge in [0.25, 0.3) is 0 Å². The van der Waals surface area contributed by atoms with Crippen LogP contribution in [0.15, 0.2) is 23.1 Å². The van der Waals surface area contributed by atoms with Gasteiger partial charge in [-0.05, 0) is 56.1 Å². The molecule has 2 aliphatic heterocycles. The molecule has 2 aliphatic rings. The fourth-order valence-electron chi connectivity index (χ4n) is 3.28. The maximum atomic E-state index is 12.4. The van der Waals surface area contributed by atoms with Gasteiger partial charge in [-0.2, -0.15) is 0 Å². The number of nitrogens with zero attached hydrogens (tertiary/aromatic N) is 1. The molecular weight excluding hydrogens is 286 g/mol. The predicted octanol–water partition coefficient (Wildman–Crippen LogP) is 1.42. The van der Waals surface area contributed by atoms with Crippen molar-refractivity contribution in [2.75, 3.05) is 31.5 Å². The van der Waals surface area contributed by atoms with Gasteiger partial charge in [0.15, 0.2) is 0 Å². The monoisotopic (exact) mass is 309 g/mol. The quantitative estimate of drug-likeness (QED) is 0.863. The Morgan fingerprint density at radius 3 is 3.10 bits per heavy atom. The van der Waals surface area contributed by atoms with E-state index in [9.17, 15) is 8.42 Å². The Hall–Kier alpha value is -1.11. The maximum absolute atomic E-state index is 12.4. The third-order valence-electron chi connectivity index (χ3n) is 4.51. The Morgan fingerprint density at radius 1 is 1.43 bits per heavy atom. The summed E-state index contributed by atoms with van der Waals surface area (Å²) in [5.74, 6) is 0.